The summed E-state index contributed by atoms with van der Waals surface area (Å²) >= 11 is 0. The molecule has 1 atom stereocenters. The molecule has 4 nitrogen and oxygen atoms in total. The number of ether oxygens (including phenoxy) is 2. The summed E-state index contributed by atoms with van der Waals surface area (Å²) in [6.45, 7) is 1.02. The van der Waals surface area contributed by atoms with Crippen molar-refractivity contribution in [3.05, 3.63) is 29.8 Å². The molecular weight excluding hydrogens is 303 g/mol. The number of alkyl halides is 3. The average Bonchev–Trinajstić information content (AvgIpc) is 2.38. The second-order valence-electron chi connectivity index (χ2n) is 3.69. The molecule has 0 N–H and O–H groups in total. The highest BCUT2D eigenvalue weighted by Gasteiger charge is 2.48. The van der Waals surface area contributed by atoms with Gasteiger partial charge in [-0.2, -0.15) is 13.2 Å². The third-order valence-corrected chi connectivity index (χ3v) is 2.16. The number of benzene rings is 1. The molecule has 0 aliphatic carbocycles. The molecule has 0 aliphatic rings. The van der Waals surface area contributed by atoms with Crippen molar-refractivity contribution in [1.29, 1.82) is 0 Å². The monoisotopic (exact) mass is 312 g/mol. The molecule has 1 aromatic rings. The maximum absolute atomic E-state index is 12.9. The molecule has 0 aliphatic heterocycles. The van der Waals surface area contributed by atoms with E-state index in [1.165, 1.54) is 6.92 Å². The van der Waals surface area contributed by atoms with E-state index in [-0.39, 0.29) is 6.61 Å². The molecule has 0 radical (unpaired) electrons. The Labute approximate surface area is 115 Å². The Bertz CT molecular complexity index is 541. The lowest BCUT2D eigenvalue weighted by Crippen LogP contribution is -2.44. The van der Waals surface area contributed by atoms with E-state index in [1.54, 1.807) is 0 Å². The van der Waals surface area contributed by atoms with Gasteiger partial charge in [0.15, 0.2) is 11.6 Å². The number of rotatable bonds is 5. The minimum absolute atomic E-state index is 0.290. The minimum atomic E-state index is -5.35. The number of carbonyl (C=O) groups is 2. The number of hydrogen-bond donors (Lipinski definition) is 0. The van der Waals surface area contributed by atoms with Crippen LogP contribution >= 0.6 is 0 Å². The highest BCUT2D eigenvalue weighted by Crippen LogP contribution is 2.23. The third kappa shape index (κ3) is 4.40. The number of carbonyl (C=O) groups excluding carboxylic acids is 2. The van der Waals surface area contributed by atoms with Crippen LogP contribution in [-0.4, -0.2) is 30.6 Å². The quantitative estimate of drug-likeness (QED) is 0.476. The fraction of sp³-hybridized carbons (Fsp3) is 0.333. The number of halogens is 5. The van der Waals surface area contributed by atoms with Gasteiger partial charge in [0.05, 0.1) is 6.61 Å². The van der Waals surface area contributed by atoms with Gasteiger partial charge < -0.3 is 9.47 Å². The van der Waals surface area contributed by atoms with Crippen LogP contribution in [0.4, 0.5) is 22.0 Å². The molecule has 0 saturated carbocycles. The van der Waals surface area contributed by atoms with Gasteiger partial charge in [0.25, 0.3) is 11.9 Å². The number of esters is 1. The van der Waals surface area contributed by atoms with Crippen LogP contribution in [-0.2, 0) is 14.3 Å². The van der Waals surface area contributed by atoms with E-state index in [4.69, 9.17) is 0 Å². The van der Waals surface area contributed by atoms with Crippen molar-refractivity contribution in [1.82, 2.24) is 0 Å². The van der Waals surface area contributed by atoms with E-state index >= 15 is 0 Å². The second-order valence-corrected chi connectivity index (χ2v) is 3.69. The van der Waals surface area contributed by atoms with Gasteiger partial charge in [-0.1, -0.05) is 0 Å². The lowest BCUT2D eigenvalue weighted by atomic mass is 10.2. The van der Waals surface area contributed by atoms with E-state index < -0.39 is 41.4 Å². The zero-order valence-corrected chi connectivity index (χ0v) is 10.5. The van der Waals surface area contributed by atoms with Crippen LogP contribution in [0.5, 0.6) is 5.75 Å². The first-order valence-corrected chi connectivity index (χ1v) is 5.56. The second kappa shape index (κ2) is 6.51. The smallest absolute Gasteiger partial charge is 0.454 e. The largest absolute Gasteiger partial charge is 0.470 e. The lowest BCUT2D eigenvalue weighted by molar-refractivity contribution is -0.184. The van der Waals surface area contributed by atoms with Crippen LogP contribution < -0.4 is 4.74 Å². The maximum Gasteiger partial charge on any atom is 0.454 e. The van der Waals surface area contributed by atoms with E-state index in [0.717, 1.165) is 6.07 Å². The SMILES string of the molecule is CCOC(=O)C(Oc1ccc(F)c(F)c1)C(=O)C(F)(F)F. The fourth-order valence-electron chi connectivity index (χ4n) is 1.26. The summed E-state index contributed by atoms with van der Waals surface area (Å²) in [6, 6.07) is 1.75. The summed E-state index contributed by atoms with van der Waals surface area (Å²) in [5, 5.41) is 0. The molecule has 1 rings (SSSR count). The Hall–Kier alpha value is -2.19. The van der Waals surface area contributed by atoms with E-state index in [9.17, 15) is 31.5 Å². The molecule has 0 bridgehead atoms. The van der Waals surface area contributed by atoms with Crippen LogP contribution in [0.3, 0.4) is 0 Å². The molecular formula is C12H9F5O4. The van der Waals surface area contributed by atoms with Crippen molar-refractivity contribution in [2.45, 2.75) is 19.2 Å². The zero-order chi connectivity index (χ0) is 16.2. The topological polar surface area (TPSA) is 52.6 Å². The number of ketones is 1. The predicted molar refractivity (Wildman–Crippen MR) is 58.5 cm³/mol. The molecule has 0 saturated heterocycles. The van der Waals surface area contributed by atoms with Crippen LogP contribution in [0, 0.1) is 11.6 Å². The number of hydrogen-bond acceptors (Lipinski definition) is 4. The summed E-state index contributed by atoms with van der Waals surface area (Å²) < 4.78 is 71.5. The van der Waals surface area contributed by atoms with Gasteiger partial charge in [-0.3, -0.25) is 4.79 Å². The van der Waals surface area contributed by atoms with E-state index in [0.29, 0.717) is 12.1 Å². The van der Waals surface area contributed by atoms with Gasteiger partial charge in [-0.15, -0.1) is 0 Å². The highest BCUT2D eigenvalue weighted by atomic mass is 19.4. The van der Waals surface area contributed by atoms with Crippen molar-refractivity contribution < 1.29 is 41.0 Å². The molecule has 0 heterocycles. The fourth-order valence-corrected chi connectivity index (χ4v) is 1.26. The molecule has 0 spiro atoms. The highest BCUT2D eigenvalue weighted by molar-refractivity contribution is 6.05. The van der Waals surface area contributed by atoms with Crippen molar-refractivity contribution in [2.75, 3.05) is 6.61 Å². The van der Waals surface area contributed by atoms with Crippen molar-refractivity contribution in [3.63, 3.8) is 0 Å². The van der Waals surface area contributed by atoms with Gasteiger partial charge in [0, 0.05) is 6.07 Å². The lowest BCUT2D eigenvalue weighted by Gasteiger charge is -2.17. The average molecular weight is 312 g/mol. The molecule has 1 unspecified atom stereocenters. The van der Waals surface area contributed by atoms with Gasteiger partial charge in [0.1, 0.15) is 5.75 Å². The first kappa shape index (κ1) is 16.9. The van der Waals surface area contributed by atoms with Crippen LogP contribution in [0.15, 0.2) is 18.2 Å². The van der Waals surface area contributed by atoms with Gasteiger partial charge in [0.2, 0.25) is 0 Å². The number of Topliss-reactive ketones (excluding diaryl/α,β-unsaturated/α-hetero) is 1. The standard InChI is InChI=1S/C12H9F5O4/c1-2-20-11(19)9(10(18)12(15,16)17)21-6-3-4-7(13)8(14)5-6/h3-5,9H,2H2,1H3. The third-order valence-electron chi connectivity index (χ3n) is 2.16. The molecule has 0 aromatic heterocycles. The molecule has 9 heteroatoms. The Morgan fingerprint density at radius 2 is 1.81 bits per heavy atom. The normalized spacial score (nSPS) is 12.7. The molecule has 0 fully saturated rings. The minimum Gasteiger partial charge on any atom is -0.470 e. The van der Waals surface area contributed by atoms with Crippen LogP contribution in [0.2, 0.25) is 0 Å². The summed E-state index contributed by atoms with van der Waals surface area (Å²) in [6.07, 6.45) is -7.99. The van der Waals surface area contributed by atoms with Gasteiger partial charge >= 0.3 is 12.1 Å². The molecule has 21 heavy (non-hydrogen) atoms. The Balaban J connectivity index is 3.04. The summed E-state index contributed by atoms with van der Waals surface area (Å²) in [5.41, 5.74) is 0. The molecule has 116 valence electrons. The molecule has 0 amide bonds. The van der Waals surface area contributed by atoms with Crippen molar-refractivity contribution in [2.24, 2.45) is 0 Å². The Morgan fingerprint density at radius 1 is 1.19 bits per heavy atom. The van der Waals surface area contributed by atoms with Crippen LogP contribution in [0.25, 0.3) is 0 Å². The Kier molecular flexibility index (Phi) is 5.23. The first-order valence-electron chi connectivity index (χ1n) is 5.56. The van der Waals surface area contributed by atoms with Gasteiger partial charge in [-0.25, -0.2) is 13.6 Å². The summed E-state index contributed by atoms with van der Waals surface area (Å²) in [5.74, 6) is -7.38. The Morgan fingerprint density at radius 3 is 2.29 bits per heavy atom. The van der Waals surface area contributed by atoms with Crippen LogP contribution in [0.1, 0.15) is 6.92 Å². The van der Waals surface area contributed by atoms with Gasteiger partial charge in [-0.05, 0) is 19.1 Å². The van der Waals surface area contributed by atoms with Crippen molar-refractivity contribution in [3.8, 4) is 5.75 Å². The maximum atomic E-state index is 12.9. The zero-order valence-electron chi connectivity index (χ0n) is 10.5. The molecule has 1 aromatic carbocycles. The predicted octanol–water partition coefficient (Wildman–Crippen LogP) is 2.41. The first-order chi connectivity index (χ1) is 9.66. The summed E-state index contributed by atoms with van der Waals surface area (Å²) in [7, 11) is 0. The van der Waals surface area contributed by atoms with Crippen molar-refractivity contribution >= 4 is 11.8 Å². The van der Waals surface area contributed by atoms with E-state index in [1.807, 2.05) is 0 Å². The summed E-state index contributed by atoms with van der Waals surface area (Å²) in [4.78, 5) is 22.5. The van der Waals surface area contributed by atoms with E-state index in [2.05, 4.69) is 9.47 Å².